The summed E-state index contributed by atoms with van der Waals surface area (Å²) >= 11 is 5.80. The minimum absolute atomic E-state index is 0.174. The van der Waals surface area contributed by atoms with Gasteiger partial charge in [-0.3, -0.25) is 9.58 Å². The summed E-state index contributed by atoms with van der Waals surface area (Å²) in [7, 11) is 3.97. The summed E-state index contributed by atoms with van der Waals surface area (Å²) in [5.41, 5.74) is 2.03. The van der Waals surface area contributed by atoms with E-state index in [9.17, 15) is 4.39 Å². The number of aryl methyl sites for hydroxylation is 1. The Morgan fingerprint density at radius 1 is 1.39 bits per heavy atom. The highest BCUT2D eigenvalue weighted by Gasteiger charge is 2.33. The first-order chi connectivity index (χ1) is 11.1. The zero-order valence-electron chi connectivity index (χ0n) is 13.3. The first-order valence-electron chi connectivity index (χ1n) is 7.75. The Bertz CT molecular complexity index is 674. The van der Waals surface area contributed by atoms with Crippen molar-refractivity contribution < 1.29 is 4.39 Å². The summed E-state index contributed by atoms with van der Waals surface area (Å²) in [5, 5.41) is 11.4. The third kappa shape index (κ3) is 3.54. The van der Waals surface area contributed by atoms with Crippen LogP contribution in [0.15, 0.2) is 24.4 Å². The number of benzene rings is 1. The molecule has 124 valence electrons. The van der Waals surface area contributed by atoms with Crippen LogP contribution in [0.2, 0.25) is 5.02 Å². The molecule has 2 aromatic rings. The number of likely N-dealkylation sites (tertiary alicyclic amines) is 1. The second-order valence-corrected chi connectivity index (χ2v) is 6.53. The number of aromatic nitrogens is 3. The SMILES string of the molecule is CN1CC[C@H](CNCc2cnnn2C)[C@H]1c1ccc(Cl)c(F)c1. The highest BCUT2D eigenvalue weighted by molar-refractivity contribution is 6.30. The second kappa shape index (κ2) is 6.95. The molecule has 1 aromatic heterocycles. The van der Waals surface area contributed by atoms with Crippen LogP contribution in [-0.2, 0) is 13.6 Å². The minimum Gasteiger partial charge on any atom is -0.311 e. The lowest BCUT2D eigenvalue weighted by atomic mass is 9.93. The lowest BCUT2D eigenvalue weighted by Gasteiger charge is -2.26. The summed E-state index contributed by atoms with van der Waals surface area (Å²) < 4.78 is 15.6. The van der Waals surface area contributed by atoms with Gasteiger partial charge in [-0.05, 0) is 43.6 Å². The van der Waals surface area contributed by atoms with E-state index in [1.165, 1.54) is 0 Å². The predicted octanol–water partition coefficient (Wildman–Crippen LogP) is 2.39. The van der Waals surface area contributed by atoms with Crippen LogP contribution in [-0.4, -0.2) is 40.0 Å². The van der Waals surface area contributed by atoms with Gasteiger partial charge in [-0.2, -0.15) is 0 Å². The standard InChI is InChI=1S/C16H21ClFN5/c1-22-6-5-12(8-19-9-13-10-20-21-23(13)2)16(22)11-3-4-14(17)15(18)7-11/h3-4,7,10,12,16,19H,5-6,8-9H2,1-2H3/t12-,16-/m1/s1. The first kappa shape index (κ1) is 16.4. The second-order valence-electron chi connectivity index (χ2n) is 6.13. The van der Waals surface area contributed by atoms with Crippen LogP contribution in [0.1, 0.15) is 23.7 Å². The van der Waals surface area contributed by atoms with Gasteiger partial charge in [0.25, 0.3) is 0 Å². The molecule has 0 unspecified atom stereocenters. The summed E-state index contributed by atoms with van der Waals surface area (Å²) in [6, 6.07) is 5.34. The van der Waals surface area contributed by atoms with Gasteiger partial charge in [-0.15, -0.1) is 5.10 Å². The van der Waals surface area contributed by atoms with Gasteiger partial charge in [0, 0.05) is 26.2 Å². The maximum atomic E-state index is 13.8. The highest BCUT2D eigenvalue weighted by Crippen LogP contribution is 2.36. The van der Waals surface area contributed by atoms with Crippen LogP contribution in [0, 0.1) is 11.7 Å². The van der Waals surface area contributed by atoms with Gasteiger partial charge in [-0.1, -0.05) is 22.9 Å². The van der Waals surface area contributed by atoms with Crippen molar-refractivity contribution in [2.45, 2.75) is 19.0 Å². The quantitative estimate of drug-likeness (QED) is 0.910. The van der Waals surface area contributed by atoms with Crippen LogP contribution >= 0.6 is 11.6 Å². The summed E-state index contributed by atoms with van der Waals surface area (Å²) in [5.74, 6) is 0.0823. The van der Waals surface area contributed by atoms with Crippen LogP contribution < -0.4 is 5.32 Å². The molecule has 1 saturated heterocycles. The molecule has 1 aromatic carbocycles. The zero-order chi connectivity index (χ0) is 16.4. The fourth-order valence-corrected chi connectivity index (χ4v) is 3.44. The largest absolute Gasteiger partial charge is 0.311 e. The normalized spacial score (nSPS) is 21.9. The third-order valence-electron chi connectivity index (χ3n) is 4.58. The molecule has 0 bridgehead atoms. The fraction of sp³-hybridized carbons (Fsp3) is 0.500. The molecule has 7 heteroatoms. The van der Waals surface area contributed by atoms with Gasteiger partial charge in [0.15, 0.2) is 0 Å². The Morgan fingerprint density at radius 3 is 2.91 bits per heavy atom. The minimum atomic E-state index is -0.350. The van der Waals surface area contributed by atoms with E-state index in [-0.39, 0.29) is 16.9 Å². The molecule has 1 fully saturated rings. The van der Waals surface area contributed by atoms with Crippen LogP contribution in [0.4, 0.5) is 4.39 Å². The topological polar surface area (TPSA) is 46.0 Å². The van der Waals surface area contributed by atoms with Crippen LogP contribution in [0.25, 0.3) is 0 Å². The molecule has 0 spiro atoms. The molecule has 0 saturated carbocycles. The highest BCUT2D eigenvalue weighted by atomic mass is 35.5. The van der Waals surface area contributed by atoms with Crippen molar-refractivity contribution in [2.24, 2.45) is 13.0 Å². The van der Waals surface area contributed by atoms with Crippen molar-refractivity contribution in [3.8, 4) is 0 Å². The molecule has 0 amide bonds. The van der Waals surface area contributed by atoms with Gasteiger partial charge in [0.2, 0.25) is 0 Å². The molecular weight excluding hydrogens is 317 g/mol. The summed E-state index contributed by atoms with van der Waals surface area (Å²) in [4.78, 5) is 2.28. The number of nitrogens with zero attached hydrogens (tertiary/aromatic N) is 4. The summed E-state index contributed by atoms with van der Waals surface area (Å²) in [6.07, 6.45) is 2.85. The van der Waals surface area contributed by atoms with E-state index in [0.717, 1.165) is 37.3 Å². The molecule has 5 nitrogen and oxygen atoms in total. The number of hydrogen-bond donors (Lipinski definition) is 1. The Labute approximate surface area is 140 Å². The van der Waals surface area contributed by atoms with E-state index in [2.05, 4.69) is 27.6 Å². The van der Waals surface area contributed by atoms with Gasteiger partial charge in [0.1, 0.15) is 5.82 Å². The molecule has 0 radical (unpaired) electrons. The third-order valence-corrected chi connectivity index (χ3v) is 4.89. The van der Waals surface area contributed by atoms with Crippen molar-refractivity contribution in [3.63, 3.8) is 0 Å². The molecular formula is C16H21ClFN5. The van der Waals surface area contributed by atoms with E-state index in [1.807, 2.05) is 13.1 Å². The molecule has 2 atom stereocenters. The number of nitrogens with one attached hydrogen (secondary N) is 1. The van der Waals surface area contributed by atoms with Crippen molar-refractivity contribution in [3.05, 3.63) is 46.5 Å². The van der Waals surface area contributed by atoms with Gasteiger partial charge < -0.3 is 5.32 Å². The smallest absolute Gasteiger partial charge is 0.142 e. The fourth-order valence-electron chi connectivity index (χ4n) is 3.32. The Hall–Kier alpha value is -1.50. The molecule has 1 aliphatic rings. The van der Waals surface area contributed by atoms with Crippen molar-refractivity contribution in [1.29, 1.82) is 0 Å². The number of halogens is 2. The number of rotatable bonds is 5. The Balaban J connectivity index is 1.66. The van der Waals surface area contributed by atoms with Crippen molar-refractivity contribution in [1.82, 2.24) is 25.2 Å². The molecule has 3 rings (SSSR count). The lowest BCUT2D eigenvalue weighted by molar-refractivity contribution is 0.271. The zero-order valence-corrected chi connectivity index (χ0v) is 14.1. The maximum Gasteiger partial charge on any atom is 0.142 e. The average molecular weight is 338 g/mol. The first-order valence-corrected chi connectivity index (χ1v) is 8.13. The van der Waals surface area contributed by atoms with E-state index >= 15 is 0 Å². The van der Waals surface area contributed by atoms with Crippen LogP contribution in [0.5, 0.6) is 0 Å². The summed E-state index contributed by atoms with van der Waals surface area (Å²) in [6.45, 7) is 2.60. The molecule has 1 N–H and O–H groups in total. The number of hydrogen-bond acceptors (Lipinski definition) is 4. The van der Waals surface area contributed by atoms with E-state index in [4.69, 9.17) is 11.6 Å². The maximum absolute atomic E-state index is 13.8. The lowest BCUT2D eigenvalue weighted by Crippen LogP contribution is -2.28. The Morgan fingerprint density at radius 2 is 2.22 bits per heavy atom. The van der Waals surface area contributed by atoms with Crippen LogP contribution in [0.3, 0.4) is 0 Å². The molecule has 1 aliphatic heterocycles. The van der Waals surface area contributed by atoms with E-state index in [0.29, 0.717) is 5.92 Å². The van der Waals surface area contributed by atoms with Crippen molar-refractivity contribution >= 4 is 11.6 Å². The van der Waals surface area contributed by atoms with Gasteiger partial charge in [0.05, 0.1) is 16.9 Å². The van der Waals surface area contributed by atoms with Gasteiger partial charge >= 0.3 is 0 Å². The molecule has 0 aliphatic carbocycles. The predicted molar refractivity (Wildman–Crippen MR) is 87.6 cm³/mol. The monoisotopic (exact) mass is 337 g/mol. The van der Waals surface area contributed by atoms with Gasteiger partial charge in [-0.25, -0.2) is 4.39 Å². The van der Waals surface area contributed by atoms with Crippen molar-refractivity contribution in [2.75, 3.05) is 20.1 Å². The van der Waals surface area contributed by atoms with E-state index in [1.54, 1.807) is 23.0 Å². The molecule has 2 heterocycles. The Kier molecular flexibility index (Phi) is 4.94. The van der Waals surface area contributed by atoms with E-state index < -0.39 is 0 Å². The average Bonchev–Trinajstić information content (AvgIpc) is 3.09. The molecule has 23 heavy (non-hydrogen) atoms.